The highest BCUT2D eigenvalue weighted by atomic mass is 16.3. The topological polar surface area (TPSA) is 79.5 Å². The van der Waals surface area contributed by atoms with Crippen LogP contribution in [-0.4, -0.2) is 29.1 Å². The highest BCUT2D eigenvalue weighted by Gasteiger charge is 2.23. The Labute approximate surface area is 113 Å². The van der Waals surface area contributed by atoms with Crippen molar-refractivity contribution in [2.75, 3.05) is 18.0 Å². The van der Waals surface area contributed by atoms with Crippen molar-refractivity contribution in [3.8, 4) is 0 Å². The quantitative estimate of drug-likeness (QED) is 0.856. The van der Waals surface area contributed by atoms with Crippen molar-refractivity contribution in [3.05, 3.63) is 23.9 Å². The highest BCUT2D eigenvalue weighted by Crippen LogP contribution is 2.28. The Kier molecular flexibility index (Phi) is 4.37. The molecule has 5 nitrogen and oxygen atoms in total. The van der Waals surface area contributed by atoms with Crippen LogP contribution < -0.4 is 10.6 Å². The normalized spacial score (nSPS) is 18.3. The van der Waals surface area contributed by atoms with Crippen LogP contribution in [0.15, 0.2) is 18.3 Å². The SMILES string of the molecule is CC(O)c1cccnc1N1CCC(CC(N)=O)CC1. The number of aliphatic hydroxyl groups excluding tert-OH is 1. The van der Waals surface area contributed by atoms with Crippen LogP contribution in [0, 0.1) is 5.92 Å². The molecule has 0 aromatic carbocycles. The molecule has 1 aliphatic heterocycles. The lowest BCUT2D eigenvalue weighted by Gasteiger charge is -2.33. The van der Waals surface area contributed by atoms with Gasteiger partial charge < -0.3 is 15.7 Å². The number of amides is 1. The van der Waals surface area contributed by atoms with E-state index in [2.05, 4.69) is 9.88 Å². The van der Waals surface area contributed by atoms with Gasteiger partial charge >= 0.3 is 0 Å². The fourth-order valence-electron chi connectivity index (χ4n) is 2.63. The fraction of sp³-hybridized carbons (Fsp3) is 0.571. The Morgan fingerprint density at radius 1 is 1.58 bits per heavy atom. The number of piperidine rings is 1. The number of primary amides is 1. The van der Waals surface area contributed by atoms with Crippen molar-refractivity contribution in [1.29, 1.82) is 0 Å². The van der Waals surface area contributed by atoms with E-state index in [1.54, 1.807) is 13.1 Å². The molecule has 5 heteroatoms. The van der Waals surface area contributed by atoms with E-state index in [1.165, 1.54) is 0 Å². The Hall–Kier alpha value is -1.62. The standard InChI is InChI=1S/C14H21N3O2/c1-10(18)12-3-2-6-16-14(12)17-7-4-11(5-8-17)9-13(15)19/h2-3,6,10-11,18H,4-5,7-9H2,1H3,(H2,15,19). The molecule has 0 radical (unpaired) electrons. The summed E-state index contributed by atoms with van der Waals surface area (Å²) < 4.78 is 0. The zero-order valence-electron chi connectivity index (χ0n) is 11.2. The van der Waals surface area contributed by atoms with Crippen LogP contribution in [0.2, 0.25) is 0 Å². The molecule has 1 saturated heterocycles. The lowest BCUT2D eigenvalue weighted by molar-refractivity contribution is -0.119. The van der Waals surface area contributed by atoms with Gasteiger partial charge in [-0.2, -0.15) is 0 Å². The van der Waals surface area contributed by atoms with Gasteiger partial charge in [0, 0.05) is 31.3 Å². The number of nitrogens with zero attached hydrogens (tertiary/aromatic N) is 2. The fourth-order valence-corrected chi connectivity index (χ4v) is 2.63. The van der Waals surface area contributed by atoms with Crippen LogP contribution in [0.3, 0.4) is 0 Å². The van der Waals surface area contributed by atoms with Crippen LogP contribution in [0.5, 0.6) is 0 Å². The van der Waals surface area contributed by atoms with Crippen LogP contribution in [0.25, 0.3) is 0 Å². The molecule has 1 atom stereocenters. The first-order chi connectivity index (χ1) is 9.08. The molecule has 19 heavy (non-hydrogen) atoms. The summed E-state index contributed by atoms with van der Waals surface area (Å²) in [7, 11) is 0. The minimum absolute atomic E-state index is 0.221. The van der Waals surface area contributed by atoms with E-state index < -0.39 is 6.10 Å². The average Bonchev–Trinajstić information content (AvgIpc) is 2.39. The second-order valence-corrected chi connectivity index (χ2v) is 5.19. The van der Waals surface area contributed by atoms with E-state index in [-0.39, 0.29) is 5.91 Å². The number of rotatable bonds is 4. The Balaban J connectivity index is 2.03. The van der Waals surface area contributed by atoms with E-state index in [4.69, 9.17) is 5.73 Å². The summed E-state index contributed by atoms with van der Waals surface area (Å²) in [5.74, 6) is 1.02. The number of carbonyl (C=O) groups is 1. The second kappa shape index (κ2) is 6.02. The van der Waals surface area contributed by atoms with E-state index in [0.717, 1.165) is 37.3 Å². The van der Waals surface area contributed by atoms with E-state index >= 15 is 0 Å². The summed E-state index contributed by atoms with van der Waals surface area (Å²) in [6, 6.07) is 3.74. The van der Waals surface area contributed by atoms with Crippen molar-refractivity contribution < 1.29 is 9.90 Å². The number of aliphatic hydroxyl groups is 1. The zero-order valence-corrected chi connectivity index (χ0v) is 11.2. The molecule has 2 heterocycles. The molecular formula is C14H21N3O2. The molecule has 3 N–H and O–H groups in total. The predicted molar refractivity (Wildman–Crippen MR) is 73.6 cm³/mol. The maximum Gasteiger partial charge on any atom is 0.217 e. The van der Waals surface area contributed by atoms with Gasteiger partial charge in [0.15, 0.2) is 0 Å². The van der Waals surface area contributed by atoms with Crippen molar-refractivity contribution in [3.63, 3.8) is 0 Å². The molecule has 0 bridgehead atoms. The molecule has 1 aliphatic rings. The summed E-state index contributed by atoms with van der Waals surface area (Å²) in [5.41, 5.74) is 6.09. The summed E-state index contributed by atoms with van der Waals surface area (Å²) in [4.78, 5) is 17.5. The summed E-state index contributed by atoms with van der Waals surface area (Å²) in [5, 5.41) is 9.78. The van der Waals surface area contributed by atoms with Gasteiger partial charge in [0.1, 0.15) is 5.82 Å². The molecule has 1 amide bonds. The Morgan fingerprint density at radius 2 is 2.26 bits per heavy atom. The van der Waals surface area contributed by atoms with Crippen molar-refractivity contribution in [2.45, 2.75) is 32.3 Å². The number of nitrogens with two attached hydrogens (primary N) is 1. The molecule has 0 saturated carbocycles. The third kappa shape index (κ3) is 3.44. The van der Waals surface area contributed by atoms with E-state index in [0.29, 0.717) is 12.3 Å². The Morgan fingerprint density at radius 3 is 2.84 bits per heavy atom. The molecule has 104 valence electrons. The predicted octanol–water partition coefficient (Wildman–Crippen LogP) is 1.23. The van der Waals surface area contributed by atoms with E-state index in [1.807, 2.05) is 12.1 Å². The minimum Gasteiger partial charge on any atom is -0.389 e. The monoisotopic (exact) mass is 263 g/mol. The molecule has 0 aliphatic carbocycles. The van der Waals surface area contributed by atoms with Crippen LogP contribution in [0.4, 0.5) is 5.82 Å². The summed E-state index contributed by atoms with van der Waals surface area (Å²) >= 11 is 0. The second-order valence-electron chi connectivity index (χ2n) is 5.19. The number of aromatic nitrogens is 1. The lowest BCUT2D eigenvalue weighted by Crippen LogP contribution is -2.36. The summed E-state index contributed by atoms with van der Waals surface area (Å²) in [6.45, 7) is 3.46. The van der Waals surface area contributed by atoms with Gasteiger partial charge in [0.05, 0.1) is 6.10 Å². The zero-order chi connectivity index (χ0) is 13.8. The molecular weight excluding hydrogens is 242 g/mol. The largest absolute Gasteiger partial charge is 0.389 e. The van der Waals surface area contributed by atoms with Crippen LogP contribution in [0.1, 0.15) is 37.9 Å². The third-order valence-electron chi connectivity index (χ3n) is 3.67. The summed E-state index contributed by atoms with van der Waals surface area (Å²) in [6.07, 6.45) is 3.58. The maximum absolute atomic E-state index is 10.9. The third-order valence-corrected chi connectivity index (χ3v) is 3.67. The number of carbonyl (C=O) groups excluding carboxylic acids is 1. The molecule has 1 aromatic rings. The van der Waals surface area contributed by atoms with Crippen molar-refractivity contribution in [1.82, 2.24) is 4.98 Å². The number of hydrogen-bond acceptors (Lipinski definition) is 4. The van der Waals surface area contributed by atoms with Gasteiger partial charge in [0.25, 0.3) is 0 Å². The first-order valence-electron chi connectivity index (χ1n) is 6.74. The van der Waals surface area contributed by atoms with Gasteiger partial charge in [-0.25, -0.2) is 4.98 Å². The Bertz CT molecular complexity index is 440. The molecule has 1 fully saturated rings. The van der Waals surface area contributed by atoms with E-state index in [9.17, 15) is 9.90 Å². The molecule has 1 aromatic heterocycles. The first kappa shape index (κ1) is 13.8. The molecule has 1 unspecified atom stereocenters. The molecule has 0 spiro atoms. The van der Waals surface area contributed by atoms with Crippen LogP contribution >= 0.6 is 0 Å². The molecule has 2 rings (SSSR count). The number of hydrogen-bond donors (Lipinski definition) is 2. The van der Waals surface area contributed by atoms with Crippen molar-refractivity contribution in [2.24, 2.45) is 11.7 Å². The van der Waals surface area contributed by atoms with Gasteiger partial charge in [0.2, 0.25) is 5.91 Å². The number of anilines is 1. The number of pyridine rings is 1. The first-order valence-corrected chi connectivity index (χ1v) is 6.74. The minimum atomic E-state index is -0.521. The average molecular weight is 263 g/mol. The smallest absolute Gasteiger partial charge is 0.217 e. The highest BCUT2D eigenvalue weighted by molar-refractivity contribution is 5.74. The van der Waals surface area contributed by atoms with Crippen LogP contribution in [-0.2, 0) is 4.79 Å². The lowest BCUT2D eigenvalue weighted by atomic mass is 9.93. The van der Waals surface area contributed by atoms with Gasteiger partial charge in [-0.05, 0) is 31.7 Å². The van der Waals surface area contributed by atoms with Gasteiger partial charge in [-0.15, -0.1) is 0 Å². The maximum atomic E-state index is 10.9. The van der Waals surface area contributed by atoms with Gasteiger partial charge in [-0.3, -0.25) is 4.79 Å². The van der Waals surface area contributed by atoms with Gasteiger partial charge in [-0.1, -0.05) is 6.07 Å². The van der Waals surface area contributed by atoms with Crippen molar-refractivity contribution >= 4 is 11.7 Å².